The van der Waals surface area contributed by atoms with Gasteiger partial charge in [0.15, 0.2) is 11.5 Å². The zero-order valence-electron chi connectivity index (χ0n) is 11.7. The van der Waals surface area contributed by atoms with Crippen LogP contribution >= 0.6 is 15.9 Å². The van der Waals surface area contributed by atoms with Gasteiger partial charge in [-0.3, -0.25) is 4.79 Å². The van der Waals surface area contributed by atoms with Gasteiger partial charge in [0.2, 0.25) is 10.0 Å². The zero-order valence-corrected chi connectivity index (χ0v) is 14.1. The quantitative estimate of drug-likeness (QED) is 0.743. The maximum Gasteiger partial charge on any atom is 0.321 e. The predicted molar refractivity (Wildman–Crippen MR) is 79.3 cm³/mol. The molecule has 1 aromatic rings. The standard InChI is InChI=1S/C12H16BrNO6S/c1-4-8(12(15)16)14-21(17,18)11-6-10(20-3)9(19-2)5-7(11)13/h5-6,8,14H,4H2,1-3H3,(H,15,16)/t8-/m0/s1. The first-order valence-electron chi connectivity index (χ1n) is 5.93. The molecule has 0 aliphatic heterocycles. The van der Waals surface area contributed by atoms with E-state index in [4.69, 9.17) is 14.6 Å². The molecule has 1 atom stereocenters. The molecule has 0 heterocycles. The van der Waals surface area contributed by atoms with Gasteiger partial charge in [-0.15, -0.1) is 0 Å². The van der Waals surface area contributed by atoms with Gasteiger partial charge < -0.3 is 14.6 Å². The topological polar surface area (TPSA) is 102 Å². The first-order chi connectivity index (χ1) is 9.76. The summed E-state index contributed by atoms with van der Waals surface area (Å²) in [4.78, 5) is 10.8. The van der Waals surface area contributed by atoms with Crippen molar-refractivity contribution in [3.63, 3.8) is 0 Å². The van der Waals surface area contributed by atoms with Gasteiger partial charge in [-0.05, 0) is 28.4 Å². The minimum Gasteiger partial charge on any atom is -0.493 e. The van der Waals surface area contributed by atoms with E-state index in [9.17, 15) is 13.2 Å². The first kappa shape index (κ1) is 17.7. The number of hydrogen-bond donors (Lipinski definition) is 2. The molecule has 1 aromatic carbocycles. The predicted octanol–water partition coefficient (Wildman–Crippen LogP) is 1.61. The Kier molecular flexibility index (Phi) is 5.99. The molecule has 2 N–H and O–H groups in total. The van der Waals surface area contributed by atoms with Crippen molar-refractivity contribution in [1.82, 2.24) is 4.72 Å². The summed E-state index contributed by atoms with van der Waals surface area (Å²) in [6, 6.07) is 1.50. The highest BCUT2D eigenvalue weighted by Crippen LogP contribution is 2.35. The van der Waals surface area contributed by atoms with Gasteiger partial charge in [0.25, 0.3) is 0 Å². The Labute approximate surface area is 131 Å². The number of benzene rings is 1. The van der Waals surface area contributed by atoms with Crippen LogP contribution < -0.4 is 14.2 Å². The Hall–Kier alpha value is -1.32. The second-order valence-corrected chi connectivity index (χ2v) is 6.59. The van der Waals surface area contributed by atoms with Gasteiger partial charge in [-0.1, -0.05) is 6.92 Å². The van der Waals surface area contributed by atoms with E-state index in [1.165, 1.54) is 26.4 Å². The van der Waals surface area contributed by atoms with E-state index >= 15 is 0 Å². The van der Waals surface area contributed by atoms with Crippen molar-refractivity contribution >= 4 is 31.9 Å². The van der Waals surface area contributed by atoms with Crippen LogP contribution in [0.1, 0.15) is 13.3 Å². The number of nitrogens with one attached hydrogen (secondary N) is 1. The third-order valence-electron chi connectivity index (χ3n) is 2.73. The Balaban J connectivity index is 3.28. The smallest absolute Gasteiger partial charge is 0.321 e. The summed E-state index contributed by atoms with van der Waals surface area (Å²) in [5.41, 5.74) is 0. The summed E-state index contributed by atoms with van der Waals surface area (Å²) < 4.78 is 37.1. The Morgan fingerprint density at radius 3 is 2.29 bits per heavy atom. The summed E-state index contributed by atoms with van der Waals surface area (Å²) >= 11 is 3.13. The summed E-state index contributed by atoms with van der Waals surface area (Å²) in [6.07, 6.45) is 0.124. The molecule has 118 valence electrons. The third kappa shape index (κ3) is 4.08. The van der Waals surface area contributed by atoms with Crippen LogP contribution in [0.2, 0.25) is 0 Å². The van der Waals surface area contributed by atoms with Crippen molar-refractivity contribution in [1.29, 1.82) is 0 Å². The monoisotopic (exact) mass is 381 g/mol. The summed E-state index contributed by atoms with van der Waals surface area (Å²) in [7, 11) is -1.22. The maximum atomic E-state index is 12.3. The molecule has 0 unspecified atom stereocenters. The average Bonchev–Trinajstić information content (AvgIpc) is 2.43. The second kappa shape index (κ2) is 7.10. The van der Waals surface area contributed by atoms with Gasteiger partial charge in [0, 0.05) is 10.5 Å². The van der Waals surface area contributed by atoms with Gasteiger partial charge in [0.1, 0.15) is 10.9 Å². The lowest BCUT2D eigenvalue weighted by atomic mass is 10.2. The van der Waals surface area contributed by atoms with Crippen LogP contribution in [-0.4, -0.2) is 39.8 Å². The molecule has 0 aliphatic rings. The molecule has 0 aliphatic carbocycles. The van der Waals surface area contributed by atoms with Crippen LogP contribution in [0.4, 0.5) is 0 Å². The highest BCUT2D eigenvalue weighted by Gasteiger charge is 2.27. The number of ether oxygens (including phenoxy) is 2. The Morgan fingerprint density at radius 2 is 1.86 bits per heavy atom. The van der Waals surface area contributed by atoms with Crippen molar-refractivity contribution < 1.29 is 27.8 Å². The highest BCUT2D eigenvalue weighted by molar-refractivity contribution is 9.10. The molecule has 0 aromatic heterocycles. The van der Waals surface area contributed by atoms with Gasteiger partial charge in [0.05, 0.1) is 14.2 Å². The highest BCUT2D eigenvalue weighted by atomic mass is 79.9. The number of carboxylic acids is 1. The largest absolute Gasteiger partial charge is 0.493 e. The summed E-state index contributed by atoms with van der Waals surface area (Å²) in [6.45, 7) is 1.57. The number of aliphatic carboxylic acids is 1. The van der Waals surface area contributed by atoms with Crippen LogP contribution in [0.15, 0.2) is 21.5 Å². The summed E-state index contributed by atoms with van der Waals surface area (Å²) in [5, 5.41) is 8.95. The molecule has 0 bridgehead atoms. The normalized spacial score (nSPS) is 12.8. The fourth-order valence-electron chi connectivity index (χ4n) is 1.60. The van der Waals surface area contributed by atoms with Crippen molar-refractivity contribution in [2.75, 3.05) is 14.2 Å². The van der Waals surface area contributed by atoms with Crippen molar-refractivity contribution in [2.45, 2.75) is 24.3 Å². The van der Waals surface area contributed by atoms with Crippen LogP contribution in [0, 0.1) is 0 Å². The van der Waals surface area contributed by atoms with Crippen LogP contribution in [0.25, 0.3) is 0 Å². The van der Waals surface area contributed by atoms with E-state index in [0.29, 0.717) is 5.75 Å². The van der Waals surface area contributed by atoms with Gasteiger partial charge >= 0.3 is 5.97 Å². The Bertz CT molecular complexity index is 631. The minimum atomic E-state index is -4.02. The zero-order chi connectivity index (χ0) is 16.2. The maximum absolute atomic E-state index is 12.3. The fraction of sp³-hybridized carbons (Fsp3) is 0.417. The molecule has 0 amide bonds. The molecule has 1 rings (SSSR count). The number of hydrogen-bond acceptors (Lipinski definition) is 5. The van der Waals surface area contributed by atoms with Crippen molar-refractivity contribution in [2.24, 2.45) is 0 Å². The number of methoxy groups -OCH3 is 2. The molecule has 0 fully saturated rings. The number of carboxylic acid groups (broad SMARTS) is 1. The van der Waals surface area contributed by atoms with Crippen LogP contribution in [0.3, 0.4) is 0 Å². The first-order valence-corrected chi connectivity index (χ1v) is 8.21. The second-order valence-electron chi connectivity index (χ2n) is 4.06. The molecule has 0 saturated carbocycles. The van der Waals surface area contributed by atoms with E-state index in [1.807, 2.05) is 0 Å². The van der Waals surface area contributed by atoms with E-state index < -0.39 is 22.0 Å². The molecule has 0 saturated heterocycles. The molecule has 7 nitrogen and oxygen atoms in total. The summed E-state index contributed by atoms with van der Waals surface area (Å²) in [5.74, 6) is -0.657. The minimum absolute atomic E-state index is 0.124. The number of halogens is 1. The Morgan fingerprint density at radius 1 is 1.33 bits per heavy atom. The van der Waals surface area contributed by atoms with Crippen molar-refractivity contribution in [3.05, 3.63) is 16.6 Å². The molecule has 0 radical (unpaired) electrons. The van der Waals surface area contributed by atoms with Gasteiger partial charge in [-0.2, -0.15) is 4.72 Å². The van der Waals surface area contributed by atoms with E-state index in [-0.39, 0.29) is 21.5 Å². The lowest BCUT2D eigenvalue weighted by molar-refractivity contribution is -0.139. The number of rotatable bonds is 7. The van der Waals surface area contributed by atoms with Crippen molar-refractivity contribution in [3.8, 4) is 11.5 Å². The molecule has 21 heavy (non-hydrogen) atoms. The van der Waals surface area contributed by atoms with Crippen LogP contribution in [0.5, 0.6) is 11.5 Å². The lowest BCUT2D eigenvalue weighted by Crippen LogP contribution is -2.40. The average molecular weight is 382 g/mol. The van der Waals surface area contributed by atoms with Crippen LogP contribution in [-0.2, 0) is 14.8 Å². The third-order valence-corrected chi connectivity index (χ3v) is 5.16. The number of sulfonamides is 1. The molecule has 0 spiro atoms. The SMILES string of the molecule is CC[C@H](NS(=O)(=O)c1cc(OC)c(OC)cc1Br)C(=O)O. The molecular formula is C12H16BrNO6S. The lowest BCUT2D eigenvalue weighted by Gasteiger charge is -2.15. The molecular weight excluding hydrogens is 366 g/mol. The fourth-order valence-corrected chi connectivity index (χ4v) is 3.91. The van der Waals surface area contributed by atoms with E-state index in [1.54, 1.807) is 6.92 Å². The number of carbonyl (C=O) groups is 1. The van der Waals surface area contributed by atoms with E-state index in [0.717, 1.165) is 0 Å². The molecule has 9 heteroatoms. The van der Waals surface area contributed by atoms with Gasteiger partial charge in [-0.25, -0.2) is 8.42 Å². The van der Waals surface area contributed by atoms with E-state index in [2.05, 4.69) is 20.7 Å².